The van der Waals surface area contributed by atoms with Crippen LogP contribution in [-0.2, 0) is 26.2 Å². The number of likely N-dealkylation sites (N-methyl/N-ethyl adjacent to an activating group) is 1. The first-order valence-corrected chi connectivity index (χ1v) is 9.65. The van der Waals surface area contributed by atoms with Gasteiger partial charge < -0.3 is 15.3 Å². The van der Waals surface area contributed by atoms with Gasteiger partial charge in [-0.05, 0) is 12.5 Å². The van der Waals surface area contributed by atoms with Crippen molar-refractivity contribution in [2.45, 2.75) is 19.5 Å². The second kappa shape index (κ2) is 9.50. The van der Waals surface area contributed by atoms with Crippen molar-refractivity contribution in [2.75, 3.05) is 33.0 Å². The number of sulfonamides is 1. The Kier molecular flexibility index (Phi) is 8.01. The minimum atomic E-state index is -3.51. The van der Waals surface area contributed by atoms with E-state index in [2.05, 4.69) is 5.32 Å². The third kappa shape index (κ3) is 6.81. The van der Waals surface area contributed by atoms with E-state index < -0.39 is 27.9 Å². The molecule has 0 aromatic heterocycles. The molecular weight excluding hydrogens is 346 g/mol. The lowest BCUT2D eigenvalue weighted by molar-refractivity contribution is -0.140. The van der Waals surface area contributed by atoms with Crippen molar-refractivity contribution < 1.29 is 23.1 Å². The summed E-state index contributed by atoms with van der Waals surface area (Å²) < 4.78 is 24.0. The minimum absolute atomic E-state index is 0.0831. The lowest BCUT2D eigenvalue weighted by Crippen LogP contribution is -2.50. The second-order valence-electron chi connectivity index (χ2n) is 5.72. The molecule has 0 radical (unpaired) electrons. The zero-order valence-electron chi connectivity index (χ0n) is 14.7. The van der Waals surface area contributed by atoms with E-state index in [1.807, 2.05) is 30.3 Å². The molecule has 0 aliphatic carbocycles. The number of aliphatic hydroxyl groups excluding tert-OH is 1. The van der Waals surface area contributed by atoms with Crippen LogP contribution in [0, 0.1) is 0 Å². The molecule has 0 unspecified atom stereocenters. The number of aliphatic hydroxyl groups is 1. The quantitative estimate of drug-likeness (QED) is 0.603. The van der Waals surface area contributed by atoms with E-state index in [0.717, 1.165) is 16.1 Å². The Balaban J connectivity index is 2.97. The van der Waals surface area contributed by atoms with Gasteiger partial charge in [0.25, 0.3) is 0 Å². The maximum atomic E-state index is 12.6. The molecular formula is C16H25N3O5S. The minimum Gasteiger partial charge on any atom is -0.395 e. The molecule has 1 aromatic rings. The van der Waals surface area contributed by atoms with Gasteiger partial charge in [0.2, 0.25) is 21.8 Å². The monoisotopic (exact) mass is 371 g/mol. The molecule has 140 valence electrons. The number of hydrogen-bond acceptors (Lipinski definition) is 5. The van der Waals surface area contributed by atoms with Crippen LogP contribution in [0.1, 0.15) is 12.5 Å². The smallest absolute Gasteiger partial charge is 0.242 e. The zero-order valence-corrected chi connectivity index (χ0v) is 15.5. The Hall–Kier alpha value is -1.97. The van der Waals surface area contributed by atoms with Gasteiger partial charge in [-0.25, -0.2) is 8.42 Å². The molecule has 0 saturated heterocycles. The van der Waals surface area contributed by atoms with Crippen LogP contribution in [0.2, 0.25) is 0 Å². The normalized spacial score (nSPS) is 12.7. The summed E-state index contributed by atoms with van der Waals surface area (Å²) in [7, 11) is -2.20. The van der Waals surface area contributed by atoms with Crippen molar-refractivity contribution in [1.82, 2.24) is 14.5 Å². The molecule has 2 N–H and O–H groups in total. The largest absolute Gasteiger partial charge is 0.395 e. The average Bonchev–Trinajstić information content (AvgIpc) is 2.56. The van der Waals surface area contributed by atoms with Crippen molar-refractivity contribution in [3.63, 3.8) is 0 Å². The van der Waals surface area contributed by atoms with Crippen LogP contribution < -0.4 is 5.32 Å². The van der Waals surface area contributed by atoms with Gasteiger partial charge >= 0.3 is 0 Å². The van der Waals surface area contributed by atoms with Crippen molar-refractivity contribution in [3.05, 3.63) is 35.9 Å². The number of hydrogen-bond donors (Lipinski definition) is 2. The number of carbonyl (C=O) groups is 2. The fraction of sp³-hybridized carbons (Fsp3) is 0.500. The predicted molar refractivity (Wildman–Crippen MR) is 94.0 cm³/mol. The number of nitrogens with one attached hydrogen (secondary N) is 1. The number of benzene rings is 1. The van der Waals surface area contributed by atoms with Crippen molar-refractivity contribution >= 4 is 21.8 Å². The Labute approximate surface area is 148 Å². The Morgan fingerprint density at radius 2 is 1.84 bits per heavy atom. The summed E-state index contributed by atoms with van der Waals surface area (Å²) in [6.45, 7) is 1.25. The molecule has 1 rings (SSSR count). The molecule has 0 saturated carbocycles. The van der Waals surface area contributed by atoms with Gasteiger partial charge in [0.15, 0.2) is 0 Å². The van der Waals surface area contributed by atoms with Gasteiger partial charge in [-0.2, -0.15) is 4.31 Å². The molecule has 0 spiro atoms. The van der Waals surface area contributed by atoms with Crippen molar-refractivity contribution in [2.24, 2.45) is 0 Å². The first-order valence-electron chi connectivity index (χ1n) is 7.80. The Morgan fingerprint density at radius 3 is 2.36 bits per heavy atom. The van der Waals surface area contributed by atoms with E-state index in [1.54, 1.807) is 6.92 Å². The molecule has 0 fully saturated rings. The van der Waals surface area contributed by atoms with Gasteiger partial charge in [-0.1, -0.05) is 30.3 Å². The average molecular weight is 371 g/mol. The summed E-state index contributed by atoms with van der Waals surface area (Å²) in [6.07, 6.45) is 1.01. The predicted octanol–water partition coefficient (Wildman–Crippen LogP) is -0.596. The fourth-order valence-corrected chi connectivity index (χ4v) is 2.43. The number of rotatable bonds is 9. The van der Waals surface area contributed by atoms with Crippen LogP contribution >= 0.6 is 0 Å². The number of amides is 2. The highest BCUT2D eigenvalue weighted by molar-refractivity contribution is 7.88. The molecule has 1 aromatic carbocycles. The summed E-state index contributed by atoms with van der Waals surface area (Å²) in [5.41, 5.74) is 0.819. The van der Waals surface area contributed by atoms with Crippen LogP contribution in [0.25, 0.3) is 0 Å². The van der Waals surface area contributed by atoms with Crippen molar-refractivity contribution in [3.8, 4) is 0 Å². The fourth-order valence-electron chi connectivity index (χ4n) is 2.09. The van der Waals surface area contributed by atoms with Gasteiger partial charge in [-0.3, -0.25) is 9.59 Å². The maximum absolute atomic E-state index is 12.6. The molecule has 1 atom stereocenters. The van der Waals surface area contributed by atoms with Crippen LogP contribution in [-0.4, -0.2) is 73.6 Å². The molecule has 8 nitrogen and oxygen atoms in total. The van der Waals surface area contributed by atoms with Gasteiger partial charge in [0, 0.05) is 20.1 Å². The van der Waals surface area contributed by atoms with E-state index in [0.29, 0.717) is 0 Å². The number of carbonyl (C=O) groups excluding carboxylic acids is 2. The summed E-state index contributed by atoms with van der Waals surface area (Å²) in [5.74, 6) is -0.899. The molecule has 2 amide bonds. The summed E-state index contributed by atoms with van der Waals surface area (Å²) in [4.78, 5) is 26.1. The van der Waals surface area contributed by atoms with Gasteiger partial charge in [0.1, 0.15) is 6.04 Å². The molecule has 0 aliphatic heterocycles. The molecule has 0 aliphatic rings. The molecule has 0 bridgehead atoms. The first kappa shape index (κ1) is 21.1. The lowest BCUT2D eigenvalue weighted by atomic mass is 10.1. The third-order valence-corrected chi connectivity index (χ3v) is 4.96. The highest BCUT2D eigenvalue weighted by Crippen LogP contribution is 2.10. The summed E-state index contributed by atoms with van der Waals surface area (Å²) >= 11 is 0. The van der Waals surface area contributed by atoms with E-state index in [-0.39, 0.29) is 26.2 Å². The maximum Gasteiger partial charge on any atom is 0.242 e. The highest BCUT2D eigenvalue weighted by atomic mass is 32.2. The van der Waals surface area contributed by atoms with E-state index >= 15 is 0 Å². The topological polar surface area (TPSA) is 107 Å². The SMILES string of the molecule is C[C@@H](C(=O)NCCO)N(Cc1ccccc1)C(=O)CN(C)S(C)(=O)=O. The van der Waals surface area contributed by atoms with Crippen LogP contribution in [0.4, 0.5) is 0 Å². The van der Waals surface area contributed by atoms with E-state index in [9.17, 15) is 18.0 Å². The molecule has 25 heavy (non-hydrogen) atoms. The third-order valence-electron chi connectivity index (χ3n) is 3.70. The summed E-state index contributed by atoms with van der Waals surface area (Å²) in [5, 5.41) is 11.3. The van der Waals surface area contributed by atoms with E-state index in [1.165, 1.54) is 11.9 Å². The second-order valence-corrected chi connectivity index (χ2v) is 7.81. The van der Waals surface area contributed by atoms with Gasteiger partial charge in [0.05, 0.1) is 19.4 Å². The highest BCUT2D eigenvalue weighted by Gasteiger charge is 2.28. The standard InChI is InChI=1S/C16H25N3O5S/c1-13(16(22)17-9-10-20)19(11-14-7-5-4-6-8-14)15(21)12-18(2)25(3,23)24/h4-8,13,20H,9-12H2,1-3H3,(H,17,22)/t13-/m0/s1. The van der Waals surface area contributed by atoms with Crippen LogP contribution in [0.5, 0.6) is 0 Å². The number of nitrogens with zero attached hydrogens (tertiary/aromatic N) is 2. The Morgan fingerprint density at radius 1 is 1.24 bits per heavy atom. The summed E-state index contributed by atoms with van der Waals surface area (Å²) in [6, 6.07) is 8.29. The zero-order chi connectivity index (χ0) is 19.0. The molecule has 9 heteroatoms. The molecule has 0 heterocycles. The van der Waals surface area contributed by atoms with Crippen LogP contribution in [0.3, 0.4) is 0 Å². The first-order chi connectivity index (χ1) is 11.7. The Bertz CT molecular complexity index is 678. The van der Waals surface area contributed by atoms with E-state index in [4.69, 9.17) is 5.11 Å². The van der Waals surface area contributed by atoms with Crippen molar-refractivity contribution in [1.29, 1.82) is 0 Å². The van der Waals surface area contributed by atoms with Crippen LogP contribution in [0.15, 0.2) is 30.3 Å². The van der Waals surface area contributed by atoms with Gasteiger partial charge in [-0.15, -0.1) is 0 Å². The lowest BCUT2D eigenvalue weighted by Gasteiger charge is -2.30.